The predicted molar refractivity (Wildman–Crippen MR) is 225 cm³/mol. The first-order chi connectivity index (χ1) is 26.2. The number of hydrogen-bond acceptors (Lipinski definition) is 3. The smallest absolute Gasteiger partial charge is 0.161 e. The molecule has 0 saturated carbocycles. The van der Waals surface area contributed by atoms with Gasteiger partial charge in [-0.1, -0.05) is 146 Å². The molecule has 0 aliphatic rings. The minimum absolute atomic E-state index is 0.699. The van der Waals surface area contributed by atoms with Gasteiger partial charge in [-0.05, 0) is 92.7 Å². The first kappa shape index (κ1) is 31.1. The van der Waals surface area contributed by atoms with Crippen molar-refractivity contribution in [3.05, 3.63) is 194 Å². The fourth-order valence-electron chi connectivity index (χ4n) is 7.40. The molecule has 0 aliphatic heterocycles. The Balaban J connectivity index is 1.21. The number of benzene rings is 8. The van der Waals surface area contributed by atoms with E-state index >= 15 is 0 Å². The lowest BCUT2D eigenvalue weighted by Crippen LogP contribution is -1.98. The number of fused-ring (bicyclic) bond motifs is 4. The van der Waals surface area contributed by atoms with Crippen LogP contribution in [0.2, 0.25) is 0 Å². The molecule has 0 radical (unpaired) electrons. The van der Waals surface area contributed by atoms with E-state index in [0.29, 0.717) is 5.82 Å². The number of nitrogens with zero attached hydrogens (tertiary/aromatic N) is 2. The fraction of sp³-hybridized carbons (Fsp3) is 0. The molecule has 2 nitrogen and oxygen atoms in total. The monoisotopic (exact) mass is 692 g/mol. The van der Waals surface area contributed by atoms with Gasteiger partial charge in [-0.15, -0.1) is 11.3 Å². The van der Waals surface area contributed by atoms with Crippen LogP contribution in [0.3, 0.4) is 0 Å². The van der Waals surface area contributed by atoms with Gasteiger partial charge in [0.15, 0.2) is 5.82 Å². The lowest BCUT2D eigenvalue weighted by molar-refractivity contribution is 1.18. The Bertz CT molecular complexity index is 2950. The van der Waals surface area contributed by atoms with Gasteiger partial charge in [-0.3, -0.25) is 0 Å². The zero-order chi connectivity index (χ0) is 35.1. The van der Waals surface area contributed by atoms with Gasteiger partial charge in [0.1, 0.15) is 0 Å². The average Bonchev–Trinajstić information content (AvgIpc) is 3.62. The van der Waals surface area contributed by atoms with Crippen LogP contribution in [0, 0.1) is 0 Å². The summed E-state index contributed by atoms with van der Waals surface area (Å²) in [5.41, 5.74) is 11.7. The van der Waals surface area contributed by atoms with Gasteiger partial charge in [0.25, 0.3) is 0 Å². The largest absolute Gasteiger partial charge is 0.228 e. The quantitative estimate of drug-likeness (QED) is 0.173. The lowest BCUT2D eigenvalue weighted by Gasteiger charge is -2.15. The highest BCUT2D eigenvalue weighted by molar-refractivity contribution is 7.25. The Kier molecular flexibility index (Phi) is 7.71. The summed E-state index contributed by atoms with van der Waals surface area (Å²) in [5, 5.41) is 5.03. The molecule has 2 aromatic heterocycles. The first-order valence-electron chi connectivity index (χ1n) is 17.9. The zero-order valence-corrected chi connectivity index (χ0v) is 29.6. The van der Waals surface area contributed by atoms with Gasteiger partial charge in [0.05, 0.1) is 11.4 Å². The minimum atomic E-state index is 0.699. The van der Waals surface area contributed by atoms with Crippen LogP contribution in [0.1, 0.15) is 0 Å². The Morgan fingerprint density at radius 3 is 1.66 bits per heavy atom. The highest BCUT2D eigenvalue weighted by atomic mass is 32.1. The van der Waals surface area contributed by atoms with Crippen molar-refractivity contribution in [1.82, 2.24) is 9.97 Å². The van der Waals surface area contributed by atoms with Crippen molar-refractivity contribution in [2.24, 2.45) is 0 Å². The van der Waals surface area contributed by atoms with Crippen molar-refractivity contribution in [2.75, 3.05) is 0 Å². The standard InChI is InChI=1S/C50H32N2S/c1-3-14-34(15-4-1)42-19-9-10-21-44(42)50-51-46(35-16-5-2-6-17-35)32-47(52-50)41-29-39(37-24-23-33-13-7-8-18-36(33)27-37)28-40(30-41)38-25-26-49-45(31-38)43-20-11-12-22-48(43)53-49/h1-32H. The molecule has 10 rings (SSSR count). The molecule has 0 spiro atoms. The molecule has 0 amide bonds. The van der Waals surface area contributed by atoms with Crippen molar-refractivity contribution in [2.45, 2.75) is 0 Å². The van der Waals surface area contributed by atoms with Crippen LogP contribution >= 0.6 is 11.3 Å². The summed E-state index contributed by atoms with van der Waals surface area (Å²) < 4.78 is 2.61. The average molecular weight is 693 g/mol. The van der Waals surface area contributed by atoms with Gasteiger partial charge < -0.3 is 0 Å². The fourth-order valence-corrected chi connectivity index (χ4v) is 8.49. The molecule has 0 bridgehead atoms. The van der Waals surface area contributed by atoms with Crippen molar-refractivity contribution < 1.29 is 0 Å². The maximum absolute atomic E-state index is 5.38. The van der Waals surface area contributed by atoms with E-state index in [1.54, 1.807) is 0 Å². The molecule has 0 saturated heterocycles. The van der Waals surface area contributed by atoms with Crippen molar-refractivity contribution >= 4 is 42.3 Å². The second-order valence-corrected chi connectivity index (χ2v) is 14.5. The molecule has 8 aromatic carbocycles. The molecule has 0 unspecified atom stereocenters. The predicted octanol–water partition coefficient (Wildman–Crippen LogP) is 14.0. The van der Waals surface area contributed by atoms with Gasteiger partial charge in [0, 0.05) is 36.9 Å². The molecule has 0 fully saturated rings. The van der Waals surface area contributed by atoms with Crippen LogP contribution in [-0.4, -0.2) is 9.97 Å². The third kappa shape index (κ3) is 5.87. The lowest BCUT2D eigenvalue weighted by atomic mass is 9.93. The normalized spacial score (nSPS) is 11.4. The second kappa shape index (κ2) is 13.1. The minimum Gasteiger partial charge on any atom is -0.228 e. The Labute approximate surface area is 312 Å². The summed E-state index contributed by atoms with van der Waals surface area (Å²) in [5.74, 6) is 0.699. The number of aromatic nitrogens is 2. The Morgan fingerprint density at radius 2 is 0.868 bits per heavy atom. The second-order valence-electron chi connectivity index (χ2n) is 13.4. The summed E-state index contributed by atoms with van der Waals surface area (Å²) in [6.45, 7) is 0. The van der Waals surface area contributed by atoms with Crippen molar-refractivity contribution in [3.63, 3.8) is 0 Å². The SMILES string of the molecule is c1ccc(-c2cc(-c3cc(-c4ccc5ccccc5c4)cc(-c4ccc5sc6ccccc6c5c4)c3)nc(-c3ccccc3-c3ccccc3)n2)cc1. The van der Waals surface area contributed by atoms with E-state index in [2.05, 4.69) is 188 Å². The highest BCUT2D eigenvalue weighted by Gasteiger charge is 2.17. The molecule has 0 atom stereocenters. The van der Waals surface area contributed by atoms with E-state index in [-0.39, 0.29) is 0 Å². The van der Waals surface area contributed by atoms with Crippen LogP contribution in [0.5, 0.6) is 0 Å². The van der Waals surface area contributed by atoms with Crippen LogP contribution in [0.15, 0.2) is 194 Å². The van der Waals surface area contributed by atoms with E-state index in [4.69, 9.17) is 9.97 Å². The summed E-state index contributed by atoms with van der Waals surface area (Å²) in [6, 6.07) is 69.3. The Morgan fingerprint density at radius 1 is 0.302 bits per heavy atom. The van der Waals surface area contributed by atoms with Crippen LogP contribution in [-0.2, 0) is 0 Å². The van der Waals surface area contributed by atoms with E-state index < -0.39 is 0 Å². The third-order valence-electron chi connectivity index (χ3n) is 10.1. The molecule has 10 aromatic rings. The van der Waals surface area contributed by atoms with Gasteiger partial charge >= 0.3 is 0 Å². The maximum Gasteiger partial charge on any atom is 0.161 e. The number of hydrogen-bond donors (Lipinski definition) is 0. The summed E-state index contributed by atoms with van der Waals surface area (Å²) in [7, 11) is 0. The van der Waals surface area contributed by atoms with Gasteiger partial charge in [-0.2, -0.15) is 0 Å². The summed E-state index contributed by atoms with van der Waals surface area (Å²) in [6.07, 6.45) is 0. The molecular formula is C50H32N2S. The van der Waals surface area contributed by atoms with E-state index in [9.17, 15) is 0 Å². The van der Waals surface area contributed by atoms with Crippen LogP contribution < -0.4 is 0 Å². The molecule has 0 aliphatic carbocycles. The zero-order valence-electron chi connectivity index (χ0n) is 28.8. The molecular weight excluding hydrogens is 661 g/mol. The van der Waals surface area contributed by atoms with Crippen molar-refractivity contribution in [3.8, 4) is 67.3 Å². The molecule has 0 N–H and O–H groups in total. The highest BCUT2D eigenvalue weighted by Crippen LogP contribution is 2.40. The van der Waals surface area contributed by atoms with E-state index in [1.807, 2.05) is 17.4 Å². The number of rotatable bonds is 6. The number of thiophene rings is 1. The third-order valence-corrected chi connectivity index (χ3v) is 11.2. The van der Waals surface area contributed by atoms with Gasteiger partial charge in [-0.25, -0.2) is 9.97 Å². The molecule has 53 heavy (non-hydrogen) atoms. The topological polar surface area (TPSA) is 25.8 Å². The van der Waals surface area contributed by atoms with Gasteiger partial charge in [0.2, 0.25) is 0 Å². The summed E-state index contributed by atoms with van der Waals surface area (Å²) >= 11 is 1.85. The molecule has 3 heteroatoms. The Hall–Kier alpha value is -6.68. The van der Waals surface area contributed by atoms with Crippen LogP contribution in [0.25, 0.3) is 98.2 Å². The van der Waals surface area contributed by atoms with E-state index in [0.717, 1.165) is 50.3 Å². The van der Waals surface area contributed by atoms with E-state index in [1.165, 1.54) is 42.1 Å². The van der Waals surface area contributed by atoms with Crippen molar-refractivity contribution in [1.29, 1.82) is 0 Å². The maximum atomic E-state index is 5.38. The van der Waals surface area contributed by atoms with Crippen LogP contribution in [0.4, 0.5) is 0 Å². The summed E-state index contributed by atoms with van der Waals surface area (Å²) in [4.78, 5) is 10.6. The first-order valence-corrected chi connectivity index (χ1v) is 18.7. The molecule has 248 valence electrons. The molecule has 2 heterocycles.